The summed E-state index contributed by atoms with van der Waals surface area (Å²) in [5.74, 6) is -1.50. The van der Waals surface area contributed by atoms with E-state index < -0.39 is 11.9 Å². The molecule has 0 spiro atoms. The highest BCUT2D eigenvalue weighted by atomic mass is 16.7. The minimum Gasteiger partial charge on any atom is -0.339 e. The molecule has 0 saturated heterocycles. The zero-order valence-electron chi connectivity index (χ0n) is 11.3. The van der Waals surface area contributed by atoms with Crippen LogP contribution in [-0.4, -0.2) is 21.9 Å². The molecule has 0 unspecified atom stereocenters. The van der Waals surface area contributed by atoms with Crippen LogP contribution >= 0.6 is 0 Å². The number of nitrogens with one attached hydrogen (secondary N) is 2. The standard InChI is InChI=1S/C14H12N4O4/c19-13(21-17-11-3-7-15-8-4-11)1-2-14(20)22-18-12-5-9-16-10-6-12/h1-10H,(H,15,17)(H,16,18)/b2-1-. The van der Waals surface area contributed by atoms with E-state index >= 15 is 0 Å². The summed E-state index contributed by atoms with van der Waals surface area (Å²) in [6.07, 6.45) is 8.01. The topological polar surface area (TPSA) is 102 Å². The summed E-state index contributed by atoms with van der Waals surface area (Å²) in [5, 5.41) is 0. The maximum absolute atomic E-state index is 11.4. The van der Waals surface area contributed by atoms with Crippen LogP contribution in [0.5, 0.6) is 0 Å². The molecule has 8 heteroatoms. The molecule has 0 aliphatic heterocycles. The van der Waals surface area contributed by atoms with E-state index in [-0.39, 0.29) is 0 Å². The second-order valence-electron chi connectivity index (χ2n) is 3.85. The lowest BCUT2D eigenvalue weighted by Crippen LogP contribution is -2.10. The molecule has 2 aromatic heterocycles. The van der Waals surface area contributed by atoms with Gasteiger partial charge in [-0.15, -0.1) is 0 Å². The van der Waals surface area contributed by atoms with Gasteiger partial charge in [-0.3, -0.25) is 9.97 Å². The molecule has 0 radical (unpaired) electrons. The van der Waals surface area contributed by atoms with Gasteiger partial charge in [-0.25, -0.2) is 20.5 Å². The first-order chi connectivity index (χ1) is 10.7. The molecule has 0 aliphatic carbocycles. The maximum atomic E-state index is 11.4. The van der Waals surface area contributed by atoms with Gasteiger partial charge in [-0.2, -0.15) is 0 Å². The zero-order valence-corrected chi connectivity index (χ0v) is 11.3. The van der Waals surface area contributed by atoms with Gasteiger partial charge in [0.2, 0.25) is 0 Å². The minimum absolute atomic E-state index is 0.554. The molecule has 112 valence electrons. The Morgan fingerprint density at radius 3 is 1.50 bits per heavy atom. The quantitative estimate of drug-likeness (QED) is 0.611. The molecular formula is C14H12N4O4. The Bertz CT molecular complexity index is 589. The molecule has 0 amide bonds. The summed E-state index contributed by atoms with van der Waals surface area (Å²) in [4.78, 5) is 39.8. The lowest BCUT2D eigenvalue weighted by atomic mass is 10.4. The van der Waals surface area contributed by atoms with E-state index in [9.17, 15) is 9.59 Å². The molecule has 0 saturated carbocycles. The van der Waals surface area contributed by atoms with E-state index in [1.165, 1.54) is 24.8 Å². The van der Waals surface area contributed by atoms with Gasteiger partial charge in [0.05, 0.1) is 11.4 Å². The van der Waals surface area contributed by atoms with Crippen LogP contribution in [0.2, 0.25) is 0 Å². The Balaban J connectivity index is 1.71. The van der Waals surface area contributed by atoms with Crippen molar-refractivity contribution >= 4 is 23.3 Å². The van der Waals surface area contributed by atoms with Crippen molar-refractivity contribution in [1.82, 2.24) is 9.97 Å². The lowest BCUT2D eigenvalue weighted by molar-refractivity contribution is -0.137. The van der Waals surface area contributed by atoms with Crippen LogP contribution in [0, 0.1) is 0 Å². The normalized spacial score (nSPS) is 10.0. The molecule has 2 heterocycles. The SMILES string of the molecule is O=C(/C=C\C(=O)ONc1ccncc1)ONc1ccncc1. The molecule has 2 rings (SSSR count). The fourth-order valence-electron chi connectivity index (χ4n) is 1.26. The Morgan fingerprint density at radius 2 is 1.14 bits per heavy atom. The van der Waals surface area contributed by atoms with Crippen LogP contribution in [0.15, 0.2) is 61.2 Å². The molecule has 0 atom stereocenters. The predicted molar refractivity (Wildman–Crippen MR) is 77.0 cm³/mol. The third kappa shape index (κ3) is 5.29. The molecule has 0 fully saturated rings. The maximum Gasteiger partial charge on any atom is 0.355 e. The third-order valence-electron chi connectivity index (χ3n) is 2.26. The van der Waals surface area contributed by atoms with Crippen molar-refractivity contribution in [2.45, 2.75) is 0 Å². The fourth-order valence-corrected chi connectivity index (χ4v) is 1.26. The number of nitrogens with zero attached hydrogens (tertiary/aromatic N) is 2. The van der Waals surface area contributed by atoms with Crippen molar-refractivity contribution < 1.29 is 19.3 Å². The van der Waals surface area contributed by atoms with E-state index in [2.05, 4.69) is 20.9 Å². The van der Waals surface area contributed by atoms with Crippen LogP contribution < -0.4 is 11.0 Å². The Morgan fingerprint density at radius 1 is 0.773 bits per heavy atom. The molecule has 2 aromatic rings. The molecule has 2 N–H and O–H groups in total. The highest BCUT2D eigenvalue weighted by Crippen LogP contribution is 2.04. The number of hydrogen-bond donors (Lipinski definition) is 2. The van der Waals surface area contributed by atoms with Crippen molar-refractivity contribution in [2.75, 3.05) is 11.0 Å². The van der Waals surface area contributed by atoms with E-state index in [1.54, 1.807) is 24.3 Å². The van der Waals surface area contributed by atoms with Gasteiger partial charge in [0, 0.05) is 36.9 Å². The average Bonchev–Trinajstić information content (AvgIpc) is 2.58. The first-order valence-corrected chi connectivity index (χ1v) is 6.16. The summed E-state index contributed by atoms with van der Waals surface area (Å²) in [7, 11) is 0. The van der Waals surface area contributed by atoms with Crippen LogP contribution in [0.1, 0.15) is 0 Å². The van der Waals surface area contributed by atoms with Crippen molar-refractivity contribution in [1.29, 1.82) is 0 Å². The van der Waals surface area contributed by atoms with E-state index in [0.717, 1.165) is 12.2 Å². The molecule has 0 aliphatic rings. The molecule has 8 nitrogen and oxygen atoms in total. The van der Waals surface area contributed by atoms with Crippen LogP contribution in [-0.2, 0) is 19.3 Å². The number of anilines is 2. The third-order valence-corrected chi connectivity index (χ3v) is 2.26. The number of pyridine rings is 2. The van der Waals surface area contributed by atoms with Crippen LogP contribution in [0.3, 0.4) is 0 Å². The van der Waals surface area contributed by atoms with Gasteiger partial charge in [-0.05, 0) is 24.3 Å². The fraction of sp³-hybridized carbons (Fsp3) is 0. The molecule has 0 bridgehead atoms. The van der Waals surface area contributed by atoms with Gasteiger partial charge in [-0.1, -0.05) is 0 Å². The zero-order chi connectivity index (χ0) is 15.6. The summed E-state index contributed by atoms with van der Waals surface area (Å²) in [6.45, 7) is 0. The Kier molecular flexibility index (Phi) is 5.45. The van der Waals surface area contributed by atoms with Crippen LogP contribution in [0.25, 0.3) is 0 Å². The number of hydrogen-bond acceptors (Lipinski definition) is 8. The van der Waals surface area contributed by atoms with Gasteiger partial charge < -0.3 is 9.68 Å². The first-order valence-electron chi connectivity index (χ1n) is 6.16. The summed E-state index contributed by atoms with van der Waals surface area (Å²) in [6, 6.07) is 6.46. The van der Waals surface area contributed by atoms with Crippen molar-refractivity contribution in [3.63, 3.8) is 0 Å². The molecule has 22 heavy (non-hydrogen) atoms. The minimum atomic E-state index is -0.752. The summed E-state index contributed by atoms with van der Waals surface area (Å²) in [5.41, 5.74) is 5.93. The van der Waals surface area contributed by atoms with E-state index in [0.29, 0.717) is 11.4 Å². The predicted octanol–water partition coefficient (Wildman–Crippen LogP) is 1.47. The summed E-state index contributed by atoms with van der Waals surface area (Å²) < 4.78 is 0. The average molecular weight is 300 g/mol. The first kappa shape index (κ1) is 15.0. The van der Waals surface area contributed by atoms with Crippen molar-refractivity contribution in [3.05, 3.63) is 61.2 Å². The largest absolute Gasteiger partial charge is 0.355 e. The number of aromatic nitrogens is 2. The van der Waals surface area contributed by atoms with E-state index in [1.807, 2.05) is 0 Å². The molecule has 0 aromatic carbocycles. The van der Waals surface area contributed by atoms with Gasteiger partial charge in [0.1, 0.15) is 0 Å². The second-order valence-corrected chi connectivity index (χ2v) is 3.85. The van der Waals surface area contributed by atoms with Gasteiger partial charge in [0.25, 0.3) is 0 Å². The highest BCUT2D eigenvalue weighted by Gasteiger charge is 2.02. The monoisotopic (exact) mass is 300 g/mol. The van der Waals surface area contributed by atoms with Gasteiger partial charge >= 0.3 is 11.9 Å². The van der Waals surface area contributed by atoms with E-state index in [4.69, 9.17) is 9.68 Å². The van der Waals surface area contributed by atoms with Crippen molar-refractivity contribution in [3.8, 4) is 0 Å². The highest BCUT2D eigenvalue weighted by molar-refractivity contribution is 5.92. The molecular weight excluding hydrogens is 288 g/mol. The second kappa shape index (κ2) is 8.00. The Hall–Kier alpha value is -3.42. The Labute approximate surface area is 125 Å². The van der Waals surface area contributed by atoms with Gasteiger partial charge in [0.15, 0.2) is 0 Å². The number of rotatable bonds is 6. The number of carbonyl (C=O) groups is 2. The number of carbonyl (C=O) groups excluding carboxylic acids is 2. The smallest absolute Gasteiger partial charge is 0.339 e. The van der Waals surface area contributed by atoms with Crippen molar-refractivity contribution in [2.24, 2.45) is 0 Å². The van der Waals surface area contributed by atoms with Crippen LogP contribution in [0.4, 0.5) is 11.4 Å². The summed E-state index contributed by atoms with van der Waals surface area (Å²) >= 11 is 0. The lowest BCUT2D eigenvalue weighted by Gasteiger charge is -2.04.